The van der Waals surface area contributed by atoms with Crippen LogP contribution in [0.2, 0.25) is 0 Å². The Hall–Kier alpha value is -1.24. The minimum Gasteiger partial charge on any atom is -0.457 e. The summed E-state index contributed by atoms with van der Waals surface area (Å²) in [6.07, 6.45) is 3.94. The first-order valence-electron chi connectivity index (χ1n) is 14.9. The van der Waals surface area contributed by atoms with Crippen LogP contribution in [0.25, 0.3) is 0 Å². The predicted molar refractivity (Wildman–Crippen MR) is 145 cm³/mol. The Kier molecular flexibility index (Phi) is 6.43. The summed E-state index contributed by atoms with van der Waals surface area (Å²) in [5.74, 6) is 0.564. The SMILES string of the molecule is CC(=O)O[C@H]([C@@H]1C[C@@H](C)C2=C3CC(O)C4[C@@]5(C)CCC(=O)C(C)(C)C5CC[C@]4(C)[C@@]3(C)C[C@@H]2O1)C(C)(C)O. The molecule has 38 heavy (non-hydrogen) atoms. The second kappa shape index (κ2) is 8.63. The summed E-state index contributed by atoms with van der Waals surface area (Å²) in [7, 11) is 0. The van der Waals surface area contributed by atoms with Gasteiger partial charge in [0.15, 0.2) is 6.10 Å². The van der Waals surface area contributed by atoms with Crippen molar-refractivity contribution in [3.05, 3.63) is 11.1 Å². The number of Topliss-reactive ketones (excluding diaryl/α,β-unsaturated/α-hetero) is 1. The van der Waals surface area contributed by atoms with E-state index in [1.807, 2.05) is 0 Å². The van der Waals surface area contributed by atoms with Gasteiger partial charge in [-0.15, -0.1) is 0 Å². The lowest BCUT2D eigenvalue weighted by Crippen LogP contribution is -2.65. The lowest BCUT2D eigenvalue weighted by molar-refractivity contribution is -0.213. The molecule has 1 heterocycles. The van der Waals surface area contributed by atoms with Crippen molar-refractivity contribution in [2.45, 2.75) is 137 Å². The van der Waals surface area contributed by atoms with Crippen LogP contribution in [0, 0.1) is 39.4 Å². The molecule has 2 N–H and O–H groups in total. The Balaban J connectivity index is 1.52. The molecule has 6 heteroatoms. The molecule has 3 unspecified atom stereocenters. The average molecular weight is 531 g/mol. The van der Waals surface area contributed by atoms with Crippen molar-refractivity contribution in [2.24, 2.45) is 39.4 Å². The fraction of sp³-hybridized carbons (Fsp3) is 0.875. The van der Waals surface area contributed by atoms with Crippen LogP contribution in [-0.4, -0.2) is 52.0 Å². The molecule has 0 bridgehead atoms. The zero-order chi connectivity index (χ0) is 28.2. The van der Waals surface area contributed by atoms with Crippen molar-refractivity contribution in [2.75, 3.05) is 0 Å². The molecule has 0 radical (unpaired) electrons. The third-order valence-corrected chi connectivity index (χ3v) is 12.4. The number of aliphatic hydroxyl groups is 2. The van der Waals surface area contributed by atoms with Crippen molar-refractivity contribution in [3.63, 3.8) is 0 Å². The van der Waals surface area contributed by atoms with Gasteiger partial charge in [-0.1, -0.05) is 47.1 Å². The molecule has 0 aromatic carbocycles. The molecule has 5 rings (SSSR count). The van der Waals surface area contributed by atoms with Crippen LogP contribution in [0.15, 0.2) is 11.1 Å². The number of aliphatic hydroxyl groups excluding tert-OH is 1. The summed E-state index contributed by atoms with van der Waals surface area (Å²) in [4.78, 5) is 24.9. The standard InChI is InChI=1S/C32H50O6/c1-17-14-21(27(29(5,6)36)37-18(2)33)38-22-16-32(9)19(25(17)22)15-20(34)26-30(7)12-11-24(35)28(3,4)23(30)10-13-31(26,32)8/h17,20-23,26-27,34,36H,10-16H2,1-9H3/t17-,20?,21+,22+,23?,26?,27-,30+,31+,32+/m1/s1. The molecule has 3 saturated carbocycles. The second-order valence-corrected chi connectivity index (χ2v) is 15.4. The van der Waals surface area contributed by atoms with Gasteiger partial charge in [-0.2, -0.15) is 0 Å². The first kappa shape index (κ1) is 28.3. The Morgan fingerprint density at radius 3 is 2.42 bits per heavy atom. The molecule has 4 fully saturated rings. The van der Waals surface area contributed by atoms with E-state index in [9.17, 15) is 19.8 Å². The molecule has 5 aliphatic rings. The molecule has 0 aromatic rings. The summed E-state index contributed by atoms with van der Waals surface area (Å²) < 4.78 is 12.4. The lowest BCUT2D eigenvalue weighted by atomic mass is 9.36. The Morgan fingerprint density at radius 1 is 1.16 bits per heavy atom. The molecular weight excluding hydrogens is 480 g/mol. The maximum atomic E-state index is 13.0. The maximum absolute atomic E-state index is 13.0. The van der Waals surface area contributed by atoms with Gasteiger partial charge in [0.05, 0.1) is 23.9 Å². The Bertz CT molecular complexity index is 1050. The van der Waals surface area contributed by atoms with E-state index in [-0.39, 0.29) is 51.6 Å². The second-order valence-electron chi connectivity index (χ2n) is 15.4. The van der Waals surface area contributed by atoms with Gasteiger partial charge >= 0.3 is 5.97 Å². The smallest absolute Gasteiger partial charge is 0.303 e. The summed E-state index contributed by atoms with van der Waals surface area (Å²) in [6.45, 7) is 18.4. The number of fused-ring (bicyclic) bond motifs is 6. The molecule has 0 amide bonds. The van der Waals surface area contributed by atoms with E-state index in [1.54, 1.807) is 13.8 Å². The van der Waals surface area contributed by atoms with Crippen molar-refractivity contribution >= 4 is 11.8 Å². The predicted octanol–water partition coefficient (Wildman–Crippen LogP) is 5.38. The van der Waals surface area contributed by atoms with E-state index < -0.39 is 23.8 Å². The Morgan fingerprint density at radius 2 is 1.82 bits per heavy atom. The minimum absolute atomic E-state index is 0.0901. The van der Waals surface area contributed by atoms with Crippen LogP contribution in [0.3, 0.4) is 0 Å². The van der Waals surface area contributed by atoms with E-state index in [4.69, 9.17) is 9.47 Å². The first-order chi connectivity index (χ1) is 17.4. The normalized spacial score (nSPS) is 47.0. The van der Waals surface area contributed by atoms with Crippen LogP contribution in [-0.2, 0) is 19.1 Å². The molecule has 1 saturated heterocycles. The number of ketones is 1. The van der Waals surface area contributed by atoms with Gasteiger partial charge in [-0.3, -0.25) is 9.59 Å². The molecule has 0 aromatic heterocycles. The molecule has 10 atom stereocenters. The molecule has 6 nitrogen and oxygen atoms in total. The highest BCUT2D eigenvalue weighted by Crippen LogP contribution is 2.74. The van der Waals surface area contributed by atoms with Gasteiger partial charge in [0.2, 0.25) is 0 Å². The topological polar surface area (TPSA) is 93.1 Å². The molecule has 1 aliphatic heterocycles. The molecule has 214 valence electrons. The quantitative estimate of drug-likeness (QED) is 0.376. The van der Waals surface area contributed by atoms with Crippen molar-refractivity contribution in [1.29, 1.82) is 0 Å². The van der Waals surface area contributed by atoms with E-state index >= 15 is 0 Å². The summed E-state index contributed by atoms with van der Waals surface area (Å²) >= 11 is 0. The summed E-state index contributed by atoms with van der Waals surface area (Å²) in [6, 6.07) is 0. The van der Waals surface area contributed by atoms with Crippen molar-refractivity contribution < 1.29 is 29.3 Å². The monoisotopic (exact) mass is 530 g/mol. The highest BCUT2D eigenvalue weighted by atomic mass is 16.6. The van der Waals surface area contributed by atoms with Gasteiger partial charge < -0.3 is 19.7 Å². The van der Waals surface area contributed by atoms with E-state index in [2.05, 4.69) is 41.5 Å². The largest absolute Gasteiger partial charge is 0.457 e. The lowest BCUT2D eigenvalue weighted by Gasteiger charge is -2.68. The van der Waals surface area contributed by atoms with Crippen LogP contribution in [0.4, 0.5) is 0 Å². The molecule has 0 spiro atoms. The van der Waals surface area contributed by atoms with Gasteiger partial charge in [0, 0.05) is 18.8 Å². The van der Waals surface area contributed by atoms with Gasteiger partial charge in [-0.05, 0) is 91.9 Å². The van der Waals surface area contributed by atoms with Crippen LogP contribution >= 0.6 is 0 Å². The number of rotatable bonds is 3. The molecular formula is C32H50O6. The van der Waals surface area contributed by atoms with Gasteiger partial charge in [0.25, 0.3) is 0 Å². The Labute approximate surface area is 228 Å². The van der Waals surface area contributed by atoms with Crippen LogP contribution in [0.5, 0.6) is 0 Å². The number of carbonyl (C=O) groups excluding carboxylic acids is 2. The highest BCUT2D eigenvalue weighted by Gasteiger charge is 2.70. The number of esters is 1. The number of hydrogen-bond donors (Lipinski definition) is 2. The summed E-state index contributed by atoms with van der Waals surface area (Å²) in [5, 5.41) is 22.8. The van der Waals surface area contributed by atoms with E-state index in [0.717, 1.165) is 25.7 Å². The third kappa shape index (κ3) is 3.75. The number of hydrogen-bond acceptors (Lipinski definition) is 6. The van der Waals surface area contributed by atoms with Crippen molar-refractivity contribution in [1.82, 2.24) is 0 Å². The summed E-state index contributed by atoms with van der Waals surface area (Å²) in [5.41, 5.74) is 0.799. The zero-order valence-corrected chi connectivity index (χ0v) is 25.0. The van der Waals surface area contributed by atoms with Gasteiger partial charge in [0.1, 0.15) is 5.78 Å². The zero-order valence-electron chi connectivity index (χ0n) is 25.0. The highest BCUT2D eigenvalue weighted by molar-refractivity contribution is 5.85. The average Bonchev–Trinajstić information content (AvgIpc) is 3.07. The first-order valence-corrected chi connectivity index (χ1v) is 14.9. The van der Waals surface area contributed by atoms with Crippen LogP contribution in [0.1, 0.15) is 107 Å². The van der Waals surface area contributed by atoms with Crippen molar-refractivity contribution in [3.8, 4) is 0 Å². The third-order valence-electron chi connectivity index (χ3n) is 12.4. The van der Waals surface area contributed by atoms with Crippen LogP contribution < -0.4 is 0 Å². The fourth-order valence-corrected chi connectivity index (χ4v) is 10.7. The fourth-order valence-electron chi connectivity index (χ4n) is 10.7. The number of carbonyl (C=O) groups is 2. The number of ether oxygens (including phenoxy) is 2. The maximum Gasteiger partial charge on any atom is 0.303 e. The minimum atomic E-state index is -1.22. The van der Waals surface area contributed by atoms with E-state index in [1.165, 1.54) is 18.1 Å². The van der Waals surface area contributed by atoms with Gasteiger partial charge in [-0.25, -0.2) is 0 Å². The molecule has 4 aliphatic carbocycles. The van der Waals surface area contributed by atoms with E-state index in [0.29, 0.717) is 25.0 Å².